The number of hydrogen-bond donors (Lipinski definition) is 2. The summed E-state index contributed by atoms with van der Waals surface area (Å²) in [5.74, 6) is 0. The van der Waals surface area contributed by atoms with E-state index < -0.39 is 0 Å². The zero-order valence-electron chi connectivity index (χ0n) is 14.5. The topological polar surface area (TPSA) is 49.8 Å². The molecule has 3 aromatic rings. The van der Waals surface area contributed by atoms with E-state index in [0.29, 0.717) is 0 Å². The number of hydrogen-bond acceptors (Lipinski definition) is 4. The second-order valence-electron chi connectivity index (χ2n) is 5.75. The Balaban J connectivity index is 0.00000169. The molecule has 0 spiro atoms. The lowest BCUT2D eigenvalue weighted by atomic mass is 10.1. The van der Waals surface area contributed by atoms with Gasteiger partial charge in [-0.1, -0.05) is 36.4 Å². The Morgan fingerprint density at radius 1 is 0.538 bits per heavy atom. The van der Waals surface area contributed by atoms with Gasteiger partial charge in [0.1, 0.15) is 0 Å². The molecule has 1 aromatic carbocycles. The molecule has 0 saturated carbocycles. The Hall–Kier alpha value is -1.98. The van der Waals surface area contributed by atoms with Gasteiger partial charge < -0.3 is 10.6 Å². The van der Waals surface area contributed by atoms with Gasteiger partial charge in [0.2, 0.25) is 0 Å². The molecule has 0 aliphatic heterocycles. The molecule has 0 aliphatic rings. The van der Waals surface area contributed by atoms with Crippen LogP contribution >= 0.6 is 24.8 Å². The van der Waals surface area contributed by atoms with Gasteiger partial charge in [0.25, 0.3) is 0 Å². The van der Waals surface area contributed by atoms with Crippen LogP contribution in [0.25, 0.3) is 0 Å². The van der Waals surface area contributed by atoms with E-state index in [1.165, 1.54) is 22.3 Å². The number of benzene rings is 1. The van der Waals surface area contributed by atoms with Gasteiger partial charge in [-0.15, -0.1) is 24.8 Å². The highest BCUT2D eigenvalue weighted by Gasteiger charge is 1.97. The van der Waals surface area contributed by atoms with Crippen molar-refractivity contribution < 1.29 is 0 Å². The van der Waals surface area contributed by atoms with Crippen molar-refractivity contribution in [1.82, 2.24) is 20.6 Å². The van der Waals surface area contributed by atoms with E-state index in [1.807, 2.05) is 24.5 Å². The highest BCUT2D eigenvalue weighted by Crippen LogP contribution is 2.05. The maximum absolute atomic E-state index is 4.12. The van der Waals surface area contributed by atoms with Crippen molar-refractivity contribution in [3.05, 3.63) is 95.6 Å². The molecule has 26 heavy (non-hydrogen) atoms. The van der Waals surface area contributed by atoms with Crippen molar-refractivity contribution in [1.29, 1.82) is 0 Å². The van der Waals surface area contributed by atoms with Gasteiger partial charge in [-0.2, -0.15) is 0 Å². The monoisotopic (exact) mass is 390 g/mol. The van der Waals surface area contributed by atoms with Gasteiger partial charge in [-0.25, -0.2) is 0 Å². The summed E-state index contributed by atoms with van der Waals surface area (Å²) in [7, 11) is 0. The fourth-order valence-corrected chi connectivity index (χ4v) is 2.48. The SMILES string of the molecule is Cl.Cl.c1cncc(CNCc2ccc(CNCc3cccnc3)cc2)c1. The van der Waals surface area contributed by atoms with Gasteiger partial charge >= 0.3 is 0 Å². The van der Waals surface area contributed by atoms with Crippen molar-refractivity contribution in [3.8, 4) is 0 Å². The van der Waals surface area contributed by atoms with E-state index in [4.69, 9.17) is 0 Å². The van der Waals surface area contributed by atoms with Crippen LogP contribution in [0.1, 0.15) is 22.3 Å². The first-order valence-electron chi connectivity index (χ1n) is 8.17. The van der Waals surface area contributed by atoms with E-state index in [-0.39, 0.29) is 24.8 Å². The van der Waals surface area contributed by atoms with Crippen LogP contribution < -0.4 is 10.6 Å². The van der Waals surface area contributed by atoms with Crippen LogP contribution in [0.4, 0.5) is 0 Å². The molecule has 3 rings (SSSR count). The van der Waals surface area contributed by atoms with Crippen LogP contribution in [0.5, 0.6) is 0 Å². The molecule has 0 amide bonds. The zero-order chi connectivity index (χ0) is 16.5. The third kappa shape index (κ3) is 7.50. The standard InChI is InChI=1S/C20H22N4.2ClH/c1-3-19(13-21-9-1)15-23-11-17-5-7-18(8-6-17)12-24-16-20-4-2-10-22-14-20;;/h1-10,13-14,23-24H,11-12,15-16H2;2*1H. The Bertz CT molecular complexity index is 657. The van der Waals surface area contributed by atoms with Gasteiger partial charge in [-0.05, 0) is 34.4 Å². The first-order chi connectivity index (χ1) is 11.9. The van der Waals surface area contributed by atoms with E-state index in [9.17, 15) is 0 Å². The van der Waals surface area contributed by atoms with Gasteiger partial charge in [-0.3, -0.25) is 9.97 Å². The first-order valence-corrected chi connectivity index (χ1v) is 8.17. The quantitative estimate of drug-likeness (QED) is 0.612. The molecule has 2 heterocycles. The third-order valence-electron chi connectivity index (χ3n) is 3.79. The molecular weight excluding hydrogens is 367 g/mol. The molecule has 0 unspecified atom stereocenters. The number of nitrogens with zero attached hydrogens (tertiary/aromatic N) is 2. The third-order valence-corrected chi connectivity index (χ3v) is 3.79. The number of rotatable bonds is 8. The normalized spacial score (nSPS) is 9.85. The van der Waals surface area contributed by atoms with Crippen LogP contribution in [-0.4, -0.2) is 9.97 Å². The molecule has 6 heteroatoms. The first kappa shape index (κ1) is 22.1. The Morgan fingerprint density at radius 2 is 0.923 bits per heavy atom. The van der Waals surface area contributed by atoms with Crippen LogP contribution in [0.3, 0.4) is 0 Å². The lowest BCUT2D eigenvalue weighted by Crippen LogP contribution is -2.14. The van der Waals surface area contributed by atoms with Crippen LogP contribution in [0.15, 0.2) is 73.3 Å². The van der Waals surface area contributed by atoms with Gasteiger partial charge in [0.15, 0.2) is 0 Å². The fraction of sp³-hybridized carbons (Fsp3) is 0.200. The smallest absolute Gasteiger partial charge is 0.0312 e. The molecule has 4 nitrogen and oxygen atoms in total. The fourth-order valence-electron chi connectivity index (χ4n) is 2.48. The number of pyridine rings is 2. The van der Waals surface area contributed by atoms with Gasteiger partial charge in [0, 0.05) is 51.0 Å². The molecule has 0 atom stereocenters. The summed E-state index contributed by atoms with van der Waals surface area (Å²) < 4.78 is 0. The van der Waals surface area contributed by atoms with Crippen LogP contribution in [-0.2, 0) is 26.2 Å². The Kier molecular flexibility index (Phi) is 10.5. The predicted molar refractivity (Wildman–Crippen MR) is 110 cm³/mol. The Labute approximate surface area is 167 Å². The molecular formula is C20H24Cl2N4. The minimum atomic E-state index is 0. The van der Waals surface area contributed by atoms with E-state index >= 15 is 0 Å². The van der Waals surface area contributed by atoms with Crippen molar-refractivity contribution >= 4 is 24.8 Å². The van der Waals surface area contributed by atoms with Crippen LogP contribution in [0, 0.1) is 0 Å². The number of nitrogens with one attached hydrogen (secondary N) is 2. The minimum absolute atomic E-state index is 0. The highest BCUT2D eigenvalue weighted by atomic mass is 35.5. The summed E-state index contributed by atoms with van der Waals surface area (Å²) in [5, 5.41) is 6.88. The van der Waals surface area contributed by atoms with E-state index in [0.717, 1.165) is 26.2 Å². The lowest BCUT2D eigenvalue weighted by Gasteiger charge is -2.07. The van der Waals surface area contributed by atoms with Crippen molar-refractivity contribution in [2.75, 3.05) is 0 Å². The average Bonchev–Trinajstić information content (AvgIpc) is 2.65. The summed E-state index contributed by atoms with van der Waals surface area (Å²) in [4.78, 5) is 8.24. The molecule has 0 radical (unpaired) electrons. The van der Waals surface area contributed by atoms with Crippen molar-refractivity contribution in [3.63, 3.8) is 0 Å². The summed E-state index contributed by atoms with van der Waals surface area (Å²) >= 11 is 0. The summed E-state index contributed by atoms with van der Waals surface area (Å²) in [5.41, 5.74) is 4.98. The second-order valence-corrected chi connectivity index (χ2v) is 5.75. The van der Waals surface area contributed by atoms with Crippen molar-refractivity contribution in [2.45, 2.75) is 26.2 Å². The molecule has 0 saturated heterocycles. The molecule has 138 valence electrons. The summed E-state index contributed by atoms with van der Waals surface area (Å²) in [6.45, 7) is 3.39. The molecule has 0 bridgehead atoms. The second kappa shape index (κ2) is 12.4. The Morgan fingerprint density at radius 3 is 1.27 bits per heavy atom. The largest absolute Gasteiger partial charge is 0.309 e. The van der Waals surface area contributed by atoms with Crippen LogP contribution in [0.2, 0.25) is 0 Å². The average molecular weight is 391 g/mol. The maximum Gasteiger partial charge on any atom is 0.0312 e. The highest BCUT2D eigenvalue weighted by molar-refractivity contribution is 5.85. The molecule has 0 aliphatic carbocycles. The number of halogens is 2. The minimum Gasteiger partial charge on any atom is -0.309 e. The molecule has 0 fully saturated rings. The van der Waals surface area contributed by atoms with E-state index in [2.05, 4.69) is 57.0 Å². The van der Waals surface area contributed by atoms with Gasteiger partial charge in [0.05, 0.1) is 0 Å². The lowest BCUT2D eigenvalue weighted by molar-refractivity contribution is 0.684. The number of aromatic nitrogens is 2. The maximum atomic E-state index is 4.12. The molecule has 2 N–H and O–H groups in total. The summed E-state index contributed by atoms with van der Waals surface area (Å²) in [6.07, 6.45) is 7.38. The predicted octanol–water partition coefficient (Wildman–Crippen LogP) is 3.90. The van der Waals surface area contributed by atoms with Crippen molar-refractivity contribution in [2.24, 2.45) is 0 Å². The van der Waals surface area contributed by atoms with E-state index in [1.54, 1.807) is 12.4 Å². The molecule has 2 aromatic heterocycles. The summed E-state index contributed by atoms with van der Waals surface area (Å²) in [6, 6.07) is 16.8. The zero-order valence-corrected chi connectivity index (χ0v) is 16.1.